The van der Waals surface area contributed by atoms with Crippen molar-refractivity contribution in [3.8, 4) is 5.75 Å². The van der Waals surface area contributed by atoms with Crippen LogP contribution in [-0.2, 0) is 16.0 Å². The lowest BCUT2D eigenvalue weighted by molar-refractivity contribution is -0.133. The predicted octanol–water partition coefficient (Wildman–Crippen LogP) is 0.529. The molecule has 1 aromatic rings. The molecule has 98 valence electrons. The lowest BCUT2D eigenvalue weighted by Crippen LogP contribution is -2.38. The SMILES string of the molecule is CC(=O)N(C)CC(=O)NCCc1ccc(O)cc1. The minimum Gasteiger partial charge on any atom is -0.508 e. The Balaban J connectivity index is 2.27. The number of amides is 2. The molecule has 0 saturated heterocycles. The van der Waals surface area contributed by atoms with Crippen LogP contribution in [0.2, 0.25) is 0 Å². The summed E-state index contributed by atoms with van der Waals surface area (Å²) in [5.74, 6) is -0.0824. The van der Waals surface area contributed by atoms with Crippen LogP contribution in [0.5, 0.6) is 5.75 Å². The van der Waals surface area contributed by atoms with E-state index in [1.807, 2.05) is 12.1 Å². The summed E-state index contributed by atoms with van der Waals surface area (Å²) in [7, 11) is 1.59. The molecule has 0 aromatic heterocycles. The van der Waals surface area contributed by atoms with Gasteiger partial charge in [0.05, 0.1) is 6.54 Å². The molecule has 0 saturated carbocycles. The molecule has 0 bridgehead atoms. The van der Waals surface area contributed by atoms with Crippen molar-refractivity contribution in [1.29, 1.82) is 0 Å². The molecule has 18 heavy (non-hydrogen) atoms. The zero-order valence-electron chi connectivity index (χ0n) is 10.6. The van der Waals surface area contributed by atoms with Crippen molar-refractivity contribution in [2.45, 2.75) is 13.3 Å². The summed E-state index contributed by atoms with van der Waals surface area (Å²) in [5, 5.41) is 11.9. The third kappa shape index (κ3) is 4.86. The number of benzene rings is 1. The van der Waals surface area contributed by atoms with E-state index in [9.17, 15) is 9.59 Å². The van der Waals surface area contributed by atoms with Crippen molar-refractivity contribution >= 4 is 11.8 Å². The van der Waals surface area contributed by atoms with Crippen LogP contribution in [0, 0.1) is 0 Å². The third-order valence-corrected chi connectivity index (χ3v) is 2.59. The fourth-order valence-corrected chi connectivity index (χ4v) is 1.39. The minimum absolute atomic E-state index is 0.0743. The van der Waals surface area contributed by atoms with E-state index in [4.69, 9.17) is 5.11 Å². The van der Waals surface area contributed by atoms with Crippen molar-refractivity contribution in [3.05, 3.63) is 29.8 Å². The Bertz CT molecular complexity index is 415. The molecule has 0 spiro atoms. The first-order valence-corrected chi connectivity index (χ1v) is 5.75. The number of carbonyl (C=O) groups excluding carboxylic acids is 2. The van der Waals surface area contributed by atoms with E-state index in [2.05, 4.69) is 5.32 Å². The molecule has 2 amide bonds. The van der Waals surface area contributed by atoms with Crippen LogP contribution in [0.4, 0.5) is 0 Å². The number of phenols is 1. The lowest BCUT2D eigenvalue weighted by atomic mass is 10.1. The highest BCUT2D eigenvalue weighted by Gasteiger charge is 2.07. The van der Waals surface area contributed by atoms with Gasteiger partial charge in [-0.25, -0.2) is 0 Å². The Labute approximate surface area is 106 Å². The van der Waals surface area contributed by atoms with Crippen molar-refractivity contribution in [1.82, 2.24) is 10.2 Å². The van der Waals surface area contributed by atoms with E-state index >= 15 is 0 Å². The van der Waals surface area contributed by atoms with Gasteiger partial charge in [-0.15, -0.1) is 0 Å². The predicted molar refractivity (Wildman–Crippen MR) is 68.1 cm³/mol. The Morgan fingerprint density at radius 2 is 1.89 bits per heavy atom. The molecule has 0 atom stereocenters. The first-order valence-electron chi connectivity index (χ1n) is 5.75. The molecule has 0 unspecified atom stereocenters. The Hall–Kier alpha value is -2.04. The maximum Gasteiger partial charge on any atom is 0.239 e. The molecule has 0 aliphatic heterocycles. The van der Waals surface area contributed by atoms with Crippen molar-refractivity contribution in [3.63, 3.8) is 0 Å². The van der Waals surface area contributed by atoms with Crippen molar-refractivity contribution in [2.75, 3.05) is 20.1 Å². The first-order chi connectivity index (χ1) is 8.49. The number of hydrogen-bond acceptors (Lipinski definition) is 3. The Morgan fingerprint density at radius 3 is 2.44 bits per heavy atom. The summed E-state index contributed by atoms with van der Waals surface area (Å²) in [4.78, 5) is 23.7. The summed E-state index contributed by atoms with van der Waals surface area (Å²) in [5.41, 5.74) is 1.04. The number of phenolic OH excluding ortho intramolecular Hbond substituents is 1. The average molecular weight is 250 g/mol. The molecule has 0 radical (unpaired) electrons. The highest BCUT2D eigenvalue weighted by Crippen LogP contribution is 2.09. The van der Waals surface area contributed by atoms with Crippen LogP contribution >= 0.6 is 0 Å². The van der Waals surface area contributed by atoms with E-state index in [0.29, 0.717) is 13.0 Å². The van der Waals surface area contributed by atoms with E-state index in [1.54, 1.807) is 19.2 Å². The number of nitrogens with zero attached hydrogens (tertiary/aromatic N) is 1. The minimum atomic E-state index is -0.175. The monoisotopic (exact) mass is 250 g/mol. The second-order valence-corrected chi connectivity index (χ2v) is 4.14. The largest absolute Gasteiger partial charge is 0.508 e. The van der Waals surface area contributed by atoms with Gasteiger partial charge in [0, 0.05) is 20.5 Å². The fourth-order valence-electron chi connectivity index (χ4n) is 1.39. The van der Waals surface area contributed by atoms with Gasteiger partial charge in [0.1, 0.15) is 5.75 Å². The van der Waals surface area contributed by atoms with Crippen LogP contribution in [0.3, 0.4) is 0 Å². The summed E-state index contributed by atoms with van der Waals surface area (Å²) in [6.45, 7) is 2.00. The van der Waals surface area contributed by atoms with Gasteiger partial charge >= 0.3 is 0 Å². The number of nitrogens with one attached hydrogen (secondary N) is 1. The van der Waals surface area contributed by atoms with Gasteiger partial charge in [-0.2, -0.15) is 0 Å². The number of aromatic hydroxyl groups is 1. The van der Waals surface area contributed by atoms with Crippen LogP contribution in [-0.4, -0.2) is 42.0 Å². The van der Waals surface area contributed by atoms with Gasteiger partial charge in [-0.3, -0.25) is 9.59 Å². The molecule has 1 aromatic carbocycles. The summed E-state index contributed by atoms with van der Waals surface area (Å²) < 4.78 is 0. The van der Waals surface area contributed by atoms with E-state index < -0.39 is 0 Å². The van der Waals surface area contributed by atoms with Gasteiger partial charge in [0.2, 0.25) is 11.8 Å². The maximum absolute atomic E-state index is 11.5. The van der Waals surface area contributed by atoms with Crippen molar-refractivity contribution in [2.24, 2.45) is 0 Å². The van der Waals surface area contributed by atoms with E-state index in [1.165, 1.54) is 11.8 Å². The van der Waals surface area contributed by atoms with Crippen LogP contribution < -0.4 is 5.32 Å². The molecular formula is C13H18N2O3. The molecule has 5 nitrogen and oxygen atoms in total. The Kier molecular flexibility index (Phi) is 5.17. The average Bonchev–Trinajstić information content (AvgIpc) is 2.31. The topological polar surface area (TPSA) is 69.6 Å². The van der Waals surface area contributed by atoms with Crippen LogP contribution in [0.1, 0.15) is 12.5 Å². The van der Waals surface area contributed by atoms with Gasteiger partial charge in [0.25, 0.3) is 0 Å². The molecule has 5 heteroatoms. The molecule has 0 aliphatic rings. The third-order valence-electron chi connectivity index (χ3n) is 2.59. The van der Waals surface area contributed by atoms with Crippen LogP contribution in [0.15, 0.2) is 24.3 Å². The summed E-state index contributed by atoms with van der Waals surface area (Å²) >= 11 is 0. The van der Waals surface area contributed by atoms with E-state index in [-0.39, 0.29) is 24.1 Å². The molecular weight excluding hydrogens is 232 g/mol. The normalized spacial score (nSPS) is 9.89. The molecule has 0 heterocycles. The molecule has 0 aliphatic carbocycles. The van der Waals surface area contributed by atoms with Crippen molar-refractivity contribution < 1.29 is 14.7 Å². The number of rotatable bonds is 5. The zero-order valence-corrected chi connectivity index (χ0v) is 10.6. The first kappa shape index (κ1) is 14.0. The molecule has 0 fully saturated rings. The summed E-state index contributed by atoms with van der Waals surface area (Å²) in [6, 6.07) is 6.84. The van der Waals surface area contributed by atoms with Gasteiger partial charge in [-0.1, -0.05) is 12.1 Å². The highest BCUT2D eigenvalue weighted by molar-refractivity contribution is 5.83. The quantitative estimate of drug-likeness (QED) is 0.801. The Morgan fingerprint density at radius 1 is 1.28 bits per heavy atom. The van der Waals surface area contributed by atoms with E-state index in [0.717, 1.165) is 5.56 Å². The summed E-state index contributed by atoms with van der Waals surface area (Å²) in [6.07, 6.45) is 0.690. The second-order valence-electron chi connectivity index (χ2n) is 4.14. The van der Waals surface area contributed by atoms with Gasteiger partial charge in [-0.05, 0) is 24.1 Å². The number of hydrogen-bond donors (Lipinski definition) is 2. The molecule has 2 N–H and O–H groups in total. The smallest absolute Gasteiger partial charge is 0.239 e. The highest BCUT2D eigenvalue weighted by atomic mass is 16.3. The number of carbonyl (C=O) groups is 2. The zero-order chi connectivity index (χ0) is 13.5. The second kappa shape index (κ2) is 6.64. The lowest BCUT2D eigenvalue weighted by Gasteiger charge is -2.14. The maximum atomic E-state index is 11.5. The number of likely N-dealkylation sites (N-methyl/N-ethyl adjacent to an activating group) is 1. The fraction of sp³-hybridized carbons (Fsp3) is 0.385. The molecule has 1 rings (SSSR count). The van der Waals surface area contributed by atoms with Crippen LogP contribution in [0.25, 0.3) is 0 Å². The standard InChI is InChI=1S/C13H18N2O3/c1-10(16)15(2)9-13(18)14-8-7-11-3-5-12(17)6-4-11/h3-6,17H,7-9H2,1-2H3,(H,14,18). The van der Waals surface area contributed by atoms with Gasteiger partial charge < -0.3 is 15.3 Å². The van der Waals surface area contributed by atoms with Gasteiger partial charge in [0.15, 0.2) is 0 Å².